The summed E-state index contributed by atoms with van der Waals surface area (Å²) in [6.07, 6.45) is 2.02. The quantitative estimate of drug-likeness (QED) is 0.288. The van der Waals surface area contributed by atoms with Crippen LogP contribution in [-0.4, -0.2) is 28.8 Å². The average molecular weight is 417 g/mol. The van der Waals surface area contributed by atoms with E-state index < -0.39 is 10.0 Å². The third-order valence-electron chi connectivity index (χ3n) is 3.57. The molecule has 3 rings (SSSR count). The van der Waals surface area contributed by atoms with Crippen molar-refractivity contribution in [2.24, 2.45) is 4.99 Å². The summed E-state index contributed by atoms with van der Waals surface area (Å²) in [6, 6.07) is 12.3. The first-order valence-corrected chi connectivity index (χ1v) is 9.19. The van der Waals surface area contributed by atoms with Crippen LogP contribution in [0.25, 0.3) is 0 Å². The molecule has 2 unspecified atom stereocenters. The van der Waals surface area contributed by atoms with Gasteiger partial charge in [-0.05, 0) is 42.0 Å². The molecule has 0 N–H and O–H groups in total. The van der Waals surface area contributed by atoms with Crippen LogP contribution in [0, 0.1) is 10.4 Å². The molecule has 1 heterocycles. The van der Waals surface area contributed by atoms with Gasteiger partial charge in [-0.2, -0.15) is 0 Å². The highest BCUT2D eigenvalue weighted by atomic mass is 35.5. The van der Waals surface area contributed by atoms with E-state index >= 15 is 0 Å². The Labute approximate surface area is 163 Å². The fourth-order valence-corrected chi connectivity index (χ4v) is 4.31. The molecule has 9 heteroatoms. The first-order chi connectivity index (χ1) is 11.9. The van der Waals surface area contributed by atoms with Crippen molar-refractivity contribution in [3.8, 4) is 0 Å². The van der Waals surface area contributed by atoms with E-state index in [1.54, 1.807) is 30.3 Å². The molecule has 2 aromatic carbocycles. The van der Waals surface area contributed by atoms with Gasteiger partial charge in [0.15, 0.2) is 0 Å². The number of hydroxylamine groups is 2. The molecule has 0 fully saturated rings. The standard InChI is InChI=1S/C16H12Cl3N3O2S/c17-11-1-4-13(5-2-11)25-16(8-22(24)10-20-9-21(22)23)14-6-3-12(18)7-15(14)19/h1-7,9-10,16H,8H2. The van der Waals surface area contributed by atoms with Crippen molar-refractivity contribution in [3.63, 3.8) is 0 Å². The number of rotatable bonds is 5. The lowest BCUT2D eigenvalue weighted by atomic mass is 10.1. The summed E-state index contributed by atoms with van der Waals surface area (Å²) in [5, 5.41) is 25.7. The van der Waals surface area contributed by atoms with Crippen molar-refractivity contribution < 1.29 is 9.60 Å². The molecular weight excluding hydrogens is 405 g/mol. The Morgan fingerprint density at radius 3 is 2.36 bits per heavy atom. The number of nitrogens with zero attached hydrogens (tertiary/aromatic N) is 3. The predicted molar refractivity (Wildman–Crippen MR) is 103 cm³/mol. The lowest BCUT2D eigenvalue weighted by Gasteiger charge is -2.34. The Balaban J connectivity index is 1.94. The Hall–Kier alpha value is -1.28. The minimum atomic E-state index is -1.23. The van der Waals surface area contributed by atoms with Crippen LogP contribution in [0.2, 0.25) is 15.1 Å². The Morgan fingerprint density at radius 1 is 1.08 bits per heavy atom. The molecular formula is C16H12Cl3N3O2S. The summed E-state index contributed by atoms with van der Waals surface area (Å²) in [6.45, 7) is -0.0713. The van der Waals surface area contributed by atoms with Crippen LogP contribution in [0.1, 0.15) is 10.8 Å². The summed E-state index contributed by atoms with van der Waals surface area (Å²) in [7, 11) is 0. The van der Waals surface area contributed by atoms with Gasteiger partial charge in [0.1, 0.15) is 6.54 Å². The number of aliphatic imine (C=N–C) groups is 1. The number of halogens is 3. The maximum Gasteiger partial charge on any atom is 0.343 e. The van der Waals surface area contributed by atoms with Gasteiger partial charge in [-0.25, -0.2) is 0 Å². The van der Waals surface area contributed by atoms with Gasteiger partial charge in [0.25, 0.3) is 0 Å². The second-order valence-electron chi connectivity index (χ2n) is 5.35. The topological polar surface area (TPSA) is 61.5 Å². The second kappa shape index (κ2) is 7.53. The maximum absolute atomic E-state index is 12.7. The molecule has 0 spiro atoms. The number of hydrogen-bond acceptors (Lipinski definition) is 4. The van der Waals surface area contributed by atoms with Gasteiger partial charge < -0.3 is 10.4 Å². The normalized spacial score (nSPS) is 20.6. The minimum Gasteiger partial charge on any atom is -0.666 e. The number of benzene rings is 2. The molecule has 0 aliphatic carbocycles. The molecule has 1 aliphatic rings. The molecule has 0 amide bonds. The van der Waals surface area contributed by atoms with Crippen LogP contribution in [0.3, 0.4) is 0 Å². The van der Waals surface area contributed by atoms with Gasteiger partial charge in [0, 0.05) is 25.0 Å². The number of quaternary nitrogens is 1. The van der Waals surface area contributed by atoms with E-state index in [1.807, 2.05) is 12.1 Å². The van der Waals surface area contributed by atoms with Gasteiger partial charge in [0.2, 0.25) is 0 Å². The first kappa shape index (κ1) is 18.5. The summed E-state index contributed by atoms with van der Waals surface area (Å²) < 4.78 is -1.23. The van der Waals surface area contributed by atoms with Crippen LogP contribution < -0.4 is 0 Å². The van der Waals surface area contributed by atoms with E-state index in [9.17, 15) is 10.4 Å². The maximum atomic E-state index is 12.7. The van der Waals surface area contributed by atoms with Crippen molar-refractivity contribution >= 4 is 59.2 Å². The highest BCUT2D eigenvalue weighted by Gasteiger charge is 2.33. The molecule has 0 aromatic heterocycles. The fraction of sp³-hybridized carbons (Fsp3) is 0.125. The smallest absolute Gasteiger partial charge is 0.343 e. The minimum absolute atomic E-state index is 0.0713. The Kier molecular flexibility index (Phi) is 5.58. The lowest BCUT2D eigenvalue weighted by molar-refractivity contribution is -1.23. The average Bonchev–Trinajstić information content (AvgIpc) is 2.88. The van der Waals surface area contributed by atoms with Gasteiger partial charge in [-0.15, -0.1) is 16.5 Å². The second-order valence-corrected chi connectivity index (χ2v) is 7.90. The van der Waals surface area contributed by atoms with Crippen molar-refractivity contribution in [2.75, 3.05) is 6.54 Å². The fourth-order valence-electron chi connectivity index (χ4n) is 2.33. The molecule has 5 nitrogen and oxygen atoms in total. The van der Waals surface area contributed by atoms with Crippen molar-refractivity contribution in [1.29, 1.82) is 0 Å². The van der Waals surface area contributed by atoms with Gasteiger partial charge >= 0.3 is 12.7 Å². The zero-order valence-electron chi connectivity index (χ0n) is 12.7. The Bertz CT molecular complexity index is 845. The third-order valence-corrected chi connectivity index (χ3v) is 5.62. The summed E-state index contributed by atoms with van der Waals surface area (Å²) in [5.41, 5.74) is 0.716. The SMILES string of the molecule is [O-][N+]1=CN=C[N+]1([O-])CC(Sc1ccc(Cl)cc1)c1ccc(Cl)cc1Cl. The van der Waals surface area contributed by atoms with E-state index in [2.05, 4.69) is 4.99 Å². The zero-order valence-corrected chi connectivity index (χ0v) is 15.8. The van der Waals surface area contributed by atoms with Crippen LogP contribution in [0.15, 0.2) is 52.4 Å². The molecule has 0 saturated heterocycles. The van der Waals surface area contributed by atoms with E-state index in [1.165, 1.54) is 11.8 Å². The highest BCUT2D eigenvalue weighted by Crippen LogP contribution is 2.41. The van der Waals surface area contributed by atoms with Crippen molar-refractivity contribution in [1.82, 2.24) is 0 Å². The van der Waals surface area contributed by atoms with Crippen LogP contribution >= 0.6 is 46.6 Å². The molecule has 130 valence electrons. The summed E-state index contributed by atoms with van der Waals surface area (Å²) in [4.78, 5) is 4.82. The van der Waals surface area contributed by atoms with E-state index in [0.717, 1.165) is 17.6 Å². The summed E-state index contributed by atoms with van der Waals surface area (Å²) in [5.74, 6) is 0. The highest BCUT2D eigenvalue weighted by molar-refractivity contribution is 7.99. The van der Waals surface area contributed by atoms with E-state index in [-0.39, 0.29) is 11.4 Å². The number of thioether (sulfide) groups is 1. The Morgan fingerprint density at radius 2 is 1.76 bits per heavy atom. The van der Waals surface area contributed by atoms with Crippen LogP contribution in [0.4, 0.5) is 0 Å². The van der Waals surface area contributed by atoms with Crippen molar-refractivity contribution in [3.05, 3.63) is 73.5 Å². The zero-order chi connectivity index (χ0) is 18.0. The van der Waals surface area contributed by atoms with Gasteiger partial charge in [-0.3, -0.25) is 0 Å². The van der Waals surface area contributed by atoms with E-state index in [0.29, 0.717) is 20.6 Å². The molecule has 2 atom stereocenters. The molecule has 1 aliphatic heterocycles. The molecule has 2 aromatic rings. The molecule has 25 heavy (non-hydrogen) atoms. The van der Waals surface area contributed by atoms with Crippen LogP contribution in [-0.2, 0) is 0 Å². The predicted octanol–water partition coefficient (Wildman–Crippen LogP) is 5.29. The molecule has 0 saturated carbocycles. The van der Waals surface area contributed by atoms with Gasteiger partial charge in [-0.1, -0.05) is 45.7 Å². The molecule has 0 radical (unpaired) electrons. The van der Waals surface area contributed by atoms with E-state index in [4.69, 9.17) is 34.8 Å². The molecule has 0 bridgehead atoms. The lowest BCUT2D eigenvalue weighted by Crippen LogP contribution is -2.47. The first-order valence-electron chi connectivity index (χ1n) is 7.18. The number of hydrogen-bond donors (Lipinski definition) is 0. The van der Waals surface area contributed by atoms with Crippen LogP contribution in [0.5, 0.6) is 0 Å². The third kappa shape index (κ3) is 4.28. The van der Waals surface area contributed by atoms with Gasteiger partial charge in [0.05, 0.1) is 5.25 Å². The monoisotopic (exact) mass is 415 g/mol. The largest absolute Gasteiger partial charge is 0.666 e. The van der Waals surface area contributed by atoms with Crippen molar-refractivity contribution in [2.45, 2.75) is 10.1 Å². The summed E-state index contributed by atoms with van der Waals surface area (Å²) >= 11 is 19.6.